The number of rotatable bonds is 2. The molecule has 3 rings (SSSR count). The number of benzene rings is 1. The van der Waals surface area contributed by atoms with Crippen LogP contribution in [0.1, 0.15) is 23.1 Å². The summed E-state index contributed by atoms with van der Waals surface area (Å²) in [5, 5.41) is 6.18. The van der Waals surface area contributed by atoms with Gasteiger partial charge in [-0.25, -0.2) is 0 Å². The van der Waals surface area contributed by atoms with E-state index in [-0.39, 0.29) is 6.04 Å². The van der Waals surface area contributed by atoms with E-state index in [9.17, 15) is 0 Å². The molecule has 0 spiro atoms. The van der Waals surface area contributed by atoms with Gasteiger partial charge in [0.25, 0.3) is 0 Å². The van der Waals surface area contributed by atoms with Gasteiger partial charge < -0.3 is 10.2 Å². The largest absolute Gasteiger partial charge is 0.457 e. The van der Waals surface area contributed by atoms with Crippen LogP contribution in [-0.2, 0) is 7.05 Å². The van der Waals surface area contributed by atoms with Crippen molar-refractivity contribution in [2.45, 2.75) is 13.0 Å². The summed E-state index contributed by atoms with van der Waals surface area (Å²) in [4.78, 5) is 0. The number of nitrogens with two attached hydrogens (primary N) is 1. The molecule has 1 atom stereocenters. The second-order valence-corrected chi connectivity index (χ2v) is 5.62. The molecule has 0 fully saturated rings. The van der Waals surface area contributed by atoms with Crippen molar-refractivity contribution in [2.24, 2.45) is 12.8 Å². The van der Waals surface area contributed by atoms with E-state index in [1.165, 1.54) is 0 Å². The second kappa shape index (κ2) is 4.81. The van der Waals surface area contributed by atoms with Crippen LogP contribution >= 0.6 is 23.2 Å². The maximum atomic E-state index is 6.26. The fraction of sp³-hybridized carbons (Fsp3) is 0.214. The zero-order valence-corrected chi connectivity index (χ0v) is 12.5. The lowest BCUT2D eigenvalue weighted by molar-refractivity contribution is 0.524. The molecule has 20 heavy (non-hydrogen) atoms. The molecule has 0 amide bonds. The van der Waals surface area contributed by atoms with E-state index in [0.717, 1.165) is 16.6 Å². The molecule has 0 bridgehead atoms. The van der Waals surface area contributed by atoms with Crippen LogP contribution in [-0.4, -0.2) is 9.78 Å². The molecule has 2 N–H and O–H groups in total. The van der Waals surface area contributed by atoms with Crippen LogP contribution in [0.3, 0.4) is 0 Å². The number of fused-ring (bicyclic) bond motifs is 1. The van der Waals surface area contributed by atoms with Crippen LogP contribution in [0.4, 0.5) is 0 Å². The molecule has 0 aliphatic rings. The minimum Gasteiger partial charge on any atom is -0.457 e. The Bertz CT molecular complexity index is 791. The van der Waals surface area contributed by atoms with Gasteiger partial charge >= 0.3 is 0 Å². The maximum Gasteiger partial charge on any atom is 0.153 e. The highest BCUT2D eigenvalue weighted by molar-refractivity contribution is 6.38. The van der Waals surface area contributed by atoms with E-state index in [2.05, 4.69) is 5.10 Å². The first kappa shape index (κ1) is 13.5. The first-order chi connectivity index (χ1) is 9.45. The van der Waals surface area contributed by atoms with Gasteiger partial charge in [0.2, 0.25) is 0 Å². The van der Waals surface area contributed by atoms with Gasteiger partial charge in [0.1, 0.15) is 5.76 Å². The van der Waals surface area contributed by atoms with E-state index >= 15 is 0 Å². The SMILES string of the molecule is Cc1nn(C)cc1C(N)c1cc2cc(Cl)cc(Cl)c2o1. The van der Waals surface area contributed by atoms with E-state index in [1.54, 1.807) is 16.8 Å². The van der Waals surface area contributed by atoms with Gasteiger partial charge in [0, 0.05) is 29.2 Å². The summed E-state index contributed by atoms with van der Waals surface area (Å²) in [7, 11) is 1.86. The number of hydrogen-bond donors (Lipinski definition) is 1. The van der Waals surface area contributed by atoms with Gasteiger partial charge in [-0.2, -0.15) is 5.10 Å². The third kappa shape index (κ3) is 2.20. The Morgan fingerprint density at radius 3 is 2.70 bits per heavy atom. The van der Waals surface area contributed by atoms with Crippen LogP contribution in [0, 0.1) is 6.92 Å². The topological polar surface area (TPSA) is 57.0 Å². The fourth-order valence-electron chi connectivity index (χ4n) is 2.33. The summed E-state index contributed by atoms with van der Waals surface area (Å²) in [5.41, 5.74) is 8.66. The first-order valence-electron chi connectivity index (χ1n) is 6.10. The van der Waals surface area contributed by atoms with Gasteiger partial charge in [0.05, 0.1) is 16.8 Å². The zero-order valence-electron chi connectivity index (χ0n) is 11.0. The van der Waals surface area contributed by atoms with Crippen molar-refractivity contribution >= 4 is 34.2 Å². The molecule has 4 nitrogen and oxygen atoms in total. The van der Waals surface area contributed by atoms with Crippen LogP contribution in [0.25, 0.3) is 11.0 Å². The second-order valence-electron chi connectivity index (χ2n) is 4.78. The summed E-state index contributed by atoms with van der Waals surface area (Å²) in [5.74, 6) is 0.639. The Balaban J connectivity index is 2.10. The molecule has 2 heterocycles. The minimum absolute atomic E-state index is 0.383. The van der Waals surface area contributed by atoms with Crippen LogP contribution in [0.5, 0.6) is 0 Å². The summed E-state index contributed by atoms with van der Waals surface area (Å²) in [6.45, 7) is 1.92. The number of aryl methyl sites for hydroxylation is 2. The highest BCUT2D eigenvalue weighted by atomic mass is 35.5. The van der Waals surface area contributed by atoms with Crippen molar-refractivity contribution in [2.75, 3.05) is 0 Å². The Hall–Kier alpha value is -1.49. The molecule has 0 aliphatic carbocycles. The van der Waals surface area contributed by atoms with Crippen molar-refractivity contribution in [1.82, 2.24) is 9.78 Å². The number of furan rings is 1. The predicted molar refractivity (Wildman–Crippen MR) is 80.2 cm³/mol. The Labute approximate surface area is 126 Å². The normalized spacial score (nSPS) is 13.1. The molecule has 0 saturated carbocycles. The van der Waals surface area contributed by atoms with E-state index < -0.39 is 0 Å². The molecule has 104 valence electrons. The molecule has 2 aromatic heterocycles. The fourth-order valence-corrected chi connectivity index (χ4v) is 2.87. The molecular weight excluding hydrogens is 297 g/mol. The van der Waals surface area contributed by atoms with Gasteiger partial charge in [0.15, 0.2) is 5.58 Å². The van der Waals surface area contributed by atoms with E-state index in [1.807, 2.05) is 26.2 Å². The third-order valence-electron chi connectivity index (χ3n) is 3.25. The average molecular weight is 310 g/mol. The quantitative estimate of drug-likeness (QED) is 0.782. The summed E-state index contributed by atoms with van der Waals surface area (Å²) < 4.78 is 7.51. The van der Waals surface area contributed by atoms with Gasteiger partial charge in [-0.15, -0.1) is 0 Å². The summed E-state index contributed by atoms with van der Waals surface area (Å²) >= 11 is 12.1. The number of aromatic nitrogens is 2. The summed E-state index contributed by atoms with van der Waals surface area (Å²) in [6, 6.07) is 4.94. The van der Waals surface area contributed by atoms with Crippen molar-refractivity contribution in [1.29, 1.82) is 0 Å². The molecule has 0 aliphatic heterocycles. The third-order valence-corrected chi connectivity index (χ3v) is 3.75. The molecule has 0 saturated heterocycles. The predicted octanol–water partition coefficient (Wildman–Crippen LogP) is 3.83. The lowest BCUT2D eigenvalue weighted by atomic mass is 10.1. The van der Waals surface area contributed by atoms with Crippen LogP contribution < -0.4 is 5.73 Å². The van der Waals surface area contributed by atoms with Crippen LogP contribution in [0.15, 0.2) is 28.8 Å². The number of nitrogens with zero attached hydrogens (tertiary/aromatic N) is 2. The zero-order chi connectivity index (χ0) is 14.4. The summed E-state index contributed by atoms with van der Waals surface area (Å²) in [6.07, 6.45) is 1.89. The van der Waals surface area contributed by atoms with Gasteiger partial charge in [-0.1, -0.05) is 23.2 Å². The van der Waals surface area contributed by atoms with E-state index in [0.29, 0.717) is 21.4 Å². The molecule has 6 heteroatoms. The highest BCUT2D eigenvalue weighted by Crippen LogP contribution is 2.33. The molecule has 1 aromatic carbocycles. The van der Waals surface area contributed by atoms with Crippen molar-refractivity contribution in [3.8, 4) is 0 Å². The lowest BCUT2D eigenvalue weighted by Gasteiger charge is -2.06. The Morgan fingerprint density at radius 2 is 2.05 bits per heavy atom. The number of halogens is 2. The highest BCUT2D eigenvalue weighted by Gasteiger charge is 2.19. The Kier molecular flexibility index (Phi) is 3.24. The molecule has 0 radical (unpaired) electrons. The first-order valence-corrected chi connectivity index (χ1v) is 6.85. The van der Waals surface area contributed by atoms with Crippen molar-refractivity contribution in [3.63, 3.8) is 0 Å². The van der Waals surface area contributed by atoms with Crippen molar-refractivity contribution < 1.29 is 4.42 Å². The monoisotopic (exact) mass is 309 g/mol. The van der Waals surface area contributed by atoms with Crippen LogP contribution in [0.2, 0.25) is 10.0 Å². The molecule has 1 unspecified atom stereocenters. The number of hydrogen-bond acceptors (Lipinski definition) is 3. The molecule has 3 aromatic rings. The van der Waals surface area contributed by atoms with Gasteiger partial charge in [-0.3, -0.25) is 4.68 Å². The standard InChI is InChI=1S/C14H13Cl2N3O/c1-7-10(6-19(2)18-7)13(17)12-4-8-3-9(15)5-11(16)14(8)20-12/h3-6,13H,17H2,1-2H3. The Morgan fingerprint density at radius 1 is 1.30 bits per heavy atom. The average Bonchev–Trinajstić information content (AvgIpc) is 2.92. The molecular formula is C14H13Cl2N3O. The van der Waals surface area contributed by atoms with Gasteiger partial charge in [-0.05, 0) is 25.1 Å². The lowest BCUT2D eigenvalue weighted by Crippen LogP contribution is -2.11. The minimum atomic E-state index is -0.383. The van der Waals surface area contributed by atoms with Crippen molar-refractivity contribution in [3.05, 3.63) is 51.5 Å². The van der Waals surface area contributed by atoms with E-state index in [4.69, 9.17) is 33.4 Å². The maximum absolute atomic E-state index is 6.26. The smallest absolute Gasteiger partial charge is 0.153 e.